The van der Waals surface area contributed by atoms with Gasteiger partial charge in [0.25, 0.3) is 5.91 Å². The van der Waals surface area contributed by atoms with E-state index >= 15 is 0 Å². The van der Waals surface area contributed by atoms with Crippen molar-refractivity contribution in [1.82, 2.24) is 5.32 Å². The second-order valence-corrected chi connectivity index (χ2v) is 6.04. The molecule has 4 nitrogen and oxygen atoms in total. The van der Waals surface area contributed by atoms with Crippen LogP contribution in [0.4, 0.5) is 10.1 Å². The number of piperazine rings is 1. The van der Waals surface area contributed by atoms with Crippen LogP contribution in [0.1, 0.15) is 20.8 Å². The Hall–Kier alpha value is -1.43. The average molecular weight is 343 g/mol. The molecule has 0 aliphatic carbocycles. The molecule has 1 aliphatic heterocycles. The number of hydrogen-bond acceptors (Lipinski definition) is 2. The number of hydrogen-bond donors (Lipinski definition) is 1. The summed E-state index contributed by atoms with van der Waals surface area (Å²) >= 11 is 3.25. The number of anilines is 1. The zero-order valence-electron chi connectivity index (χ0n) is 11.5. The standard InChI is InChI=1S/C14H16BrFN2O2/c1-7(2)11-14(20)18(8(3)13(19)17-11)12-9(15)5-4-6-10(12)16/h4-8,11H,1-3H3,(H,17,19). The van der Waals surface area contributed by atoms with Gasteiger partial charge in [0.15, 0.2) is 0 Å². The third kappa shape index (κ3) is 2.44. The smallest absolute Gasteiger partial charge is 0.250 e. The van der Waals surface area contributed by atoms with Gasteiger partial charge in [0, 0.05) is 4.47 Å². The fourth-order valence-corrected chi connectivity index (χ4v) is 2.80. The van der Waals surface area contributed by atoms with Crippen molar-refractivity contribution in [2.24, 2.45) is 5.92 Å². The van der Waals surface area contributed by atoms with Crippen LogP contribution in [-0.2, 0) is 9.59 Å². The molecule has 1 saturated heterocycles. The largest absolute Gasteiger partial charge is 0.342 e. The Labute approximate surface area is 125 Å². The minimum Gasteiger partial charge on any atom is -0.342 e. The highest BCUT2D eigenvalue weighted by Gasteiger charge is 2.41. The SMILES string of the molecule is CC(C)C1NC(=O)C(C)N(c2c(F)cccc2Br)C1=O. The van der Waals surface area contributed by atoms with Crippen LogP contribution in [-0.4, -0.2) is 23.9 Å². The molecule has 2 rings (SSSR count). The van der Waals surface area contributed by atoms with Gasteiger partial charge in [-0.1, -0.05) is 19.9 Å². The number of halogens is 2. The fourth-order valence-electron chi connectivity index (χ4n) is 2.27. The topological polar surface area (TPSA) is 49.4 Å². The van der Waals surface area contributed by atoms with Gasteiger partial charge in [0.05, 0.1) is 5.69 Å². The van der Waals surface area contributed by atoms with E-state index in [1.54, 1.807) is 19.1 Å². The predicted octanol–water partition coefficient (Wildman–Crippen LogP) is 2.46. The van der Waals surface area contributed by atoms with Crippen molar-refractivity contribution in [2.45, 2.75) is 32.9 Å². The van der Waals surface area contributed by atoms with Crippen LogP contribution >= 0.6 is 15.9 Å². The van der Waals surface area contributed by atoms with Crippen molar-refractivity contribution in [3.63, 3.8) is 0 Å². The van der Waals surface area contributed by atoms with Gasteiger partial charge in [-0.15, -0.1) is 0 Å². The van der Waals surface area contributed by atoms with E-state index in [0.717, 1.165) is 0 Å². The van der Waals surface area contributed by atoms with Crippen molar-refractivity contribution in [3.8, 4) is 0 Å². The number of amides is 2. The van der Waals surface area contributed by atoms with E-state index in [-0.39, 0.29) is 23.4 Å². The number of benzene rings is 1. The third-order valence-corrected chi connectivity index (χ3v) is 4.05. The minimum absolute atomic E-state index is 0.0630. The van der Waals surface area contributed by atoms with Crippen molar-refractivity contribution >= 4 is 33.4 Å². The van der Waals surface area contributed by atoms with E-state index in [0.29, 0.717) is 4.47 Å². The van der Waals surface area contributed by atoms with Crippen LogP contribution in [0.15, 0.2) is 22.7 Å². The number of carbonyl (C=O) groups excluding carboxylic acids is 2. The van der Waals surface area contributed by atoms with Gasteiger partial charge >= 0.3 is 0 Å². The minimum atomic E-state index is -0.745. The van der Waals surface area contributed by atoms with Gasteiger partial charge in [-0.2, -0.15) is 0 Å². The zero-order chi connectivity index (χ0) is 15.0. The lowest BCUT2D eigenvalue weighted by Gasteiger charge is -2.39. The zero-order valence-corrected chi connectivity index (χ0v) is 13.1. The van der Waals surface area contributed by atoms with Gasteiger partial charge in [0.1, 0.15) is 17.9 Å². The first-order valence-corrected chi connectivity index (χ1v) is 7.21. The molecule has 20 heavy (non-hydrogen) atoms. The Morgan fingerprint density at radius 1 is 1.35 bits per heavy atom. The number of carbonyl (C=O) groups is 2. The van der Waals surface area contributed by atoms with E-state index in [1.807, 2.05) is 13.8 Å². The fraction of sp³-hybridized carbons (Fsp3) is 0.429. The van der Waals surface area contributed by atoms with Gasteiger partial charge in [-0.3, -0.25) is 14.5 Å². The molecule has 0 radical (unpaired) electrons. The molecule has 0 bridgehead atoms. The summed E-state index contributed by atoms with van der Waals surface area (Å²) in [5.74, 6) is -1.17. The van der Waals surface area contributed by atoms with Gasteiger partial charge in [0.2, 0.25) is 5.91 Å². The third-order valence-electron chi connectivity index (χ3n) is 3.41. The Morgan fingerprint density at radius 3 is 2.55 bits per heavy atom. The first-order valence-electron chi connectivity index (χ1n) is 6.42. The van der Waals surface area contributed by atoms with Gasteiger partial charge < -0.3 is 5.32 Å². The molecule has 0 aromatic heterocycles. The highest BCUT2D eigenvalue weighted by atomic mass is 79.9. The Balaban J connectivity index is 2.52. The second kappa shape index (κ2) is 5.52. The summed E-state index contributed by atoms with van der Waals surface area (Å²) in [6.45, 7) is 5.27. The van der Waals surface area contributed by atoms with E-state index in [2.05, 4.69) is 21.2 Å². The molecule has 0 saturated carbocycles. The summed E-state index contributed by atoms with van der Waals surface area (Å²) in [5.41, 5.74) is 0.116. The molecule has 2 atom stereocenters. The Morgan fingerprint density at radius 2 is 2.00 bits per heavy atom. The van der Waals surface area contributed by atoms with Crippen molar-refractivity contribution in [3.05, 3.63) is 28.5 Å². The van der Waals surface area contributed by atoms with E-state index in [1.165, 1.54) is 11.0 Å². The van der Waals surface area contributed by atoms with Crippen LogP contribution < -0.4 is 10.2 Å². The summed E-state index contributed by atoms with van der Waals surface area (Å²) in [4.78, 5) is 25.8. The van der Waals surface area contributed by atoms with E-state index < -0.39 is 17.9 Å². The van der Waals surface area contributed by atoms with Crippen LogP contribution in [0.25, 0.3) is 0 Å². The average Bonchev–Trinajstić information content (AvgIpc) is 2.37. The van der Waals surface area contributed by atoms with Crippen LogP contribution in [0.2, 0.25) is 0 Å². The molecule has 0 spiro atoms. The quantitative estimate of drug-likeness (QED) is 0.897. The van der Waals surface area contributed by atoms with Crippen molar-refractivity contribution in [2.75, 3.05) is 4.90 Å². The molecular formula is C14H16BrFN2O2. The van der Waals surface area contributed by atoms with Crippen LogP contribution in [0, 0.1) is 11.7 Å². The molecule has 1 N–H and O–H groups in total. The predicted molar refractivity (Wildman–Crippen MR) is 77.8 cm³/mol. The summed E-state index contributed by atoms with van der Waals surface area (Å²) in [7, 11) is 0. The van der Waals surface area contributed by atoms with Crippen LogP contribution in [0.3, 0.4) is 0 Å². The molecular weight excluding hydrogens is 327 g/mol. The molecule has 1 aromatic rings. The normalized spacial score (nSPS) is 23.2. The second-order valence-electron chi connectivity index (χ2n) is 5.18. The first kappa shape index (κ1) is 15.0. The molecule has 6 heteroatoms. The lowest BCUT2D eigenvalue weighted by atomic mass is 9.97. The van der Waals surface area contributed by atoms with Gasteiger partial charge in [-0.25, -0.2) is 4.39 Å². The first-order chi connectivity index (χ1) is 9.34. The van der Waals surface area contributed by atoms with E-state index in [4.69, 9.17) is 0 Å². The van der Waals surface area contributed by atoms with Crippen molar-refractivity contribution in [1.29, 1.82) is 0 Å². The maximum Gasteiger partial charge on any atom is 0.250 e. The molecule has 1 heterocycles. The highest BCUT2D eigenvalue weighted by Crippen LogP contribution is 2.33. The molecule has 2 amide bonds. The number of nitrogens with zero attached hydrogens (tertiary/aromatic N) is 1. The van der Waals surface area contributed by atoms with Crippen LogP contribution in [0.5, 0.6) is 0 Å². The lowest BCUT2D eigenvalue weighted by Crippen LogP contribution is -2.64. The highest BCUT2D eigenvalue weighted by molar-refractivity contribution is 9.10. The number of rotatable bonds is 2. The summed E-state index contributed by atoms with van der Waals surface area (Å²) in [5, 5.41) is 2.69. The van der Waals surface area contributed by atoms with Crippen molar-refractivity contribution < 1.29 is 14.0 Å². The van der Waals surface area contributed by atoms with E-state index in [9.17, 15) is 14.0 Å². The maximum atomic E-state index is 14.1. The molecule has 1 aromatic carbocycles. The summed E-state index contributed by atoms with van der Waals surface area (Å²) in [6.07, 6.45) is 0. The monoisotopic (exact) mass is 342 g/mol. The molecule has 1 fully saturated rings. The number of para-hydroxylation sites is 1. The maximum absolute atomic E-state index is 14.1. The Kier molecular flexibility index (Phi) is 4.13. The molecule has 2 unspecified atom stereocenters. The summed E-state index contributed by atoms with van der Waals surface area (Å²) in [6, 6.07) is 3.09. The lowest BCUT2D eigenvalue weighted by molar-refractivity contribution is -0.134. The molecule has 1 aliphatic rings. The Bertz CT molecular complexity index is 542. The van der Waals surface area contributed by atoms with Gasteiger partial charge in [-0.05, 0) is 40.9 Å². The summed E-state index contributed by atoms with van der Waals surface area (Å²) < 4.78 is 14.5. The number of nitrogens with one attached hydrogen (secondary N) is 1. The molecule has 108 valence electrons.